The van der Waals surface area contributed by atoms with E-state index in [0.717, 1.165) is 82.4 Å². The number of carbonyl (C=O) groups is 1. The van der Waals surface area contributed by atoms with E-state index in [4.69, 9.17) is 21.3 Å². The molecule has 2 aromatic carbocycles. The summed E-state index contributed by atoms with van der Waals surface area (Å²) in [5.41, 5.74) is 4.45. The molecule has 172 valence electrons. The fraction of sp³-hybridized carbons (Fsp3) is 0.385. The van der Waals surface area contributed by atoms with Crippen LogP contribution in [-0.2, 0) is 11.3 Å². The predicted octanol–water partition coefficient (Wildman–Crippen LogP) is 6.41. The first-order valence-electron chi connectivity index (χ1n) is 11.5. The Bertz CT molecular complexity index is 1300. The SMILES string of the molecule is Cc1cn(CC=O)c2ccc(OCCC3CCN(c4nc5ccc(Cl)cc5s4)CC3)c(C)c12. The van der Waals surface area contributed by atoms with Gasteiger partial charge in [-0.25, -0.2) is 4.98 Å². The third-order valence-corrected chi connectivity index (χ3v) is 8.04. The molecule has 0 amide bonds. The zero-order chi connectivity index (χ0) is 22.9. The Hall–Kier alpha value is -2.57. The molecule has 2 aromatic heterocycles. The van der Waals surface area contributed by atoms with Crippen LogP contribution in [0, 0.1) is 19.8 Å². The minimum Gasteiger partial charge on any atom is -0.493 e. The van der Waals surface area contributed by atoms with Crippen molar-refractivity contribution in [1.29, 1.82) is 0 Å². The number of piperidine rings is 1. The van der Waals surface area contributed by atoms with Crippen LogP contribution in [0.25, 0.3) is 21.1 Å². The smallest absolute Gasteiger partial charge is 0.186 e. The molecule has 0 spiro atoms. The molecular weight excluding hydrogens is 454 g/mol. The summed E-state index contributed by atoms with van der Waals surface area (Å²) in [4.78, 5) is 18.2. The average Bonchev–Trinajstić information content (AvgIpc) is 3.37. The second kappa shape index (κ2) is 9.35. The highest BCUT2D eigenvalue weighted by atomic mass is 35.5. The summed E-state index contributed by atoms with van der Waals surface area (Å²) in [6, 6.07) is 10.0. The summed E-state index contributed by atoms with van der Waals surface area (Å²) in [7, 11) is 0. The van der Waals surface area contributed by atoms with Gasteiger partial charge in [0.15, 0.2) is 5.13 Å². The summed E-state index contributed by atoms with van der Waals surface area (Å²) in [6.45, 7) is 7.38. The van der Waals surface area contributed by atoms with E-state index in [0.29, 0.717) is 12.5 Å². The summed E-state index contributed by atoms with van der Waals surface area (Å²) in [5.74, 6) is 1.62. The molecule has 0 N–H and O–H groups in total. The minimum atomic E-state index is 0.382. The van der Waals surface area contributed by atoms with Crippen molar-refractivity contribution in [2.24, 2.45) is 5.92 Å². The van der Waals surface area contributed by atoms with Crippen LogP contribution in [-0.4, -0.2) is 35.5 Å². The van der Waals surface area contributed by atoms with Gasteiger partial charge in [0.2, 0.25) is 0 Å². The summed E-state index contributed by atoms with van der Waals surface area (Å²) in [5, 5.41) is 3.06. The van der Waals surface area contributed by atoms with Gasteiger partial charge in [-0.3, -0.25) is 0 Å². The van der Waals surface area contributed by atoms with Gasteiger partial charge in [0.1, 0.15) is 12.0 Å². The van der Waals surface area contributed by atoms with E-state index >= 15 is 0 Å². The quantitative estimate of drug-likeness (QED) is 0.286. The molecule has 33 heavy (non-hydrogen) atoms. The van der Waals surface area contributed by atoms with Gasteiger partial charge in [-0.05, 0) is 74.9 Å². The summed E-state index contributed by atoms with van der Waals surface area (Å²) >= 11 is 7.85. The van der Waals surface area contributed by atoms with Gasteiger partial charge < -0.3 is 19.0 Å². The lowest BCUT2D eigenvalue weighted by Gasteiger charge is -2.31. The van der Waals surface area contributed by atoms with Crippen LogP contribution in [0.2, 0.25) is 5.02 Å². The zero-order valence-electron chi connectivity index (χ0n) is 19.0. The first-order chi connectivity index (χ1) is 16.0. The molecule has 4 aromatic rings. The molecule has 0 radical (unpaired) electrons. The standard InChI is InChI=1S/C26H28ClN3O2S/c1-17-16-30(12-13-31)22-5-6-23(18(2)25(17)22)32-14-9-19-7-10-29(11-8-19)26-28-21-4-3-20(27)15-24(21)33-26/h3-6,13,15-16,19H,7-12,14H2,1-2H3. The van der Waals surface area contributed by atoms with E-state index in [1.165, 1.54) is 10.9 Å². The normalized spacial score (nSPS) is 14.9. The maximum Gasteiger partial charge on any atom is 0.186 e. The van der Waals surface area contributed by atoms with Crippen LogP contribution in [0.5, 0.6) is 5.75 Å². The Balaban J connectivity index is 1.17. The fourth-order valence-corrected chi connectivity index (χ4v) is 6.23. The molecule has 0 atom stereocenters. The number of aryl methyl sites for hydroxylation is 2. The van der Waals surface area contributed by atoms with E-state index in [2.05, 4.69) is 24.8 Å². The molecule has 7 heteroatoms. The number of rotatable bonds is 7. The number of anilines is 1. The molecule has 1 aliphatic rings. The highest BCUT2D eigenvalue weighted by Crippen LogP contribution is 2.34. The van der Waals surface area contributed by atoms with Crippen molar-refractivity contribution in [1.82, 2.24) is 9.55 Å². The second-order valence-electron chi connectivity index (χ2n) is 8.89. The third kappa shape index (κ3) is 4.46. The lowest BCUT2D eigenvalue weighted by Crippen LogP contribution is -2.34. The van der Waals surface area contributed by atoms with Crippen molar-refractivity contribution in [2.75, 3.05) is 24.6 Å². The number of carbonyl (C=O) groups excluding carboxylic acids is 1. The number of aldehydes is 1. The number of fused-ring (bicyclic) bond motifs is 2. The number of nitrogens with zero attached hydrogens (tertiary/aromatic N) is 3. The van der Waals surface area contributed by atoms with E-state index in [9.17, 15) is 4.79 Å². The predicted molar refractivity (Wildman–Crippen MR) is 137 cm³/mol. The molecule has 5 rings (SSSR count). The van der Waals surface area contributed by atoms with E-state index in [-0.39, 0.29) is 0 Å². The number of aromatic nitrogens is 2. The Morgan fingerprint density at radius 1 is 1.21 bits per heavy atom. The zero-order valence-corrected chi connectivity index (χ0v) is 20.6. The third-order valence-electron chi connectivity index (χ3n) is 6.73. The van der Waals surface area contributed by atoms with E-state index in [1.54, 1.807) is 11.3 Å². The number of halogens is 1. The van der Waals surface area contributed by atoms with Crippen molar-refractivity contribution in [3.8, 4) is 5.75 Å². The summed E-state index contributed by atoms with van der Waals surface area (Å²) in [6.07, 6.45) is 6.36. The van der Waals surface area contributed by atoms with Crippen LogP contribution in [0.1, 0.15) is 30.4 Å². The Morgan fingerprint density at radius 3 is 2.82 bits per heavy atom. The van der Waals surface area contributed by atoms with Gasteiger partial charge in [-0.2, -0.15) is 0 Å². The number of hydrogen-bond acceptors (Lipinski definition) is 5. The monoisotopic (exact) mass is 481 g/mol. The number of hydrogen-bond donors (Lipinski definition) is 0. The topological polar surface area (TPSA) is 47.4 Å². The molecule has 3 heterocycles. The van der Waals surface area contributed by atoms with Crippen molar-refractivity contribution in [2.45, 2.75) is 39.7 Å². The maximum atomic E-state index is 11.0. The number of benzene rings is 2. The largest absolute Gasteiger partial charge is 0.493 e. The van der Waals surface area contributed by atoms with E-state index < -0.39 is 0 Å². The van der Waals surface area contributed by atoms with Crippen LogP contribution in [0.3, 0.4) is 0 Å². The van der Waals surface area contributed by atoms with Crippen LogP contribution in [0.15, 0.2) is 36.5 Å². The highest BCUT2D eigenvalue weighted by molar-refractivity contribution is 7.22. The van der Waals surface area contributed by atoms with Crippen LogP contribution >= 0.6 is 22.9 Å². The molecule has 0 bridgehead atoms. The lowest BCUT2D eigenvalue weighted by molar-refractivity contribution is -0.108. The first kappa shape index (κ1) is 22.2. The number of thiazole rings is 1. The van der Waals surface area contributed by atoms with Gasteiger partial charge in [-0.15, -0.1) is 0 Å². The molecule has 5 nitrogen and oxygen atoms in total. The summed E-state index contributed by atoms with van der Waals surface area (Å²) < 4.78 is 9.37. The second-order valence-corrected chi connectivity index (χ2v) is 10.3. The molecule has 1 aliphatic heterocycles. The van der Waals surface area contributed by atoms with Gasteiger partial charge in [0, 0.05) is 40.8 Å². The van der Waals surface area contributed by atoms with Crippen molar-refractivity contribution < 1.29 is 9.53 Å². The molecular formula is C26H28ClN3O2S. The average molecular weight is 482 g/mol. The van der Waals surface area contributed by atoms with Gasteiger partial charge in [0.05, 0.1) is 23.4 Å². The Labute approximate surface area is 202 Å². The van der Waals surface area contributed by atoms with Crippen LogP contribution < -0.4 is 9.64 Å². The maximum absolute atomic E-state index is 11.0. The molecule has 0 aliphatic carbocycles. The molecule has 0 unspecified atom stereocenters. The van der Waals surface area contributed by atoms with Gasteiger partial charge in [-0.1, -0.05) is 22.9 Å². The van der Waals surface area contributed by atoms with Gasteiger partial charge in [0.25, 0.3) is 0 Å². The van der Waals surface area contributed by atoms with Crippen LogP contribution in [0.4, 0.5) is 5.13 Å². The lowest BCUT2D eigenvalue weighted by atomic mass is 9.94. The van der Waals surface area contributed by atoms with Gasteiger partial charge >= 0.3 is 0 Å². The molecule has 1 saturated heterocycles. The Morgan fingerprint density at radius 2 is 2.03 bits per heavy atom. The van der Waals surface area contributed by atoms with Crippen molar-refractivity contribution >= 4 is 55.5 Å². The highest BCUT2D eigenvalue weighted by Gasteiger charge is 2.22. The van der Waals surface area contributed by atoms with Crippen molar-refractivity contribution in [3.63, 3.8) is 0 Å². The fourth-order valence-electron chi connectivity index (χ4n) is 4.94. The molecule has 0 saturated carbocycles. The first-order valence-corrected chi connectivity index (χ1v) is 12.7. The minimum absolute atomic E-state index is 0.382. The van der Waals surface area contributed by atoms with Crippen molar-refractivity contribution in [3.05, 3.63) is 52.7 Å². The number of ether oxygens (including phenoxy) is 1. The molecule has 1 fully saturated rings. The Kier molecular flexibility index (Phi) is 6.30. The van der Waals surface area contributed by atoms with E-state index in [1.807, 2.05) is 35.0 Å².